The van der Waals surface area contributed by atoms with Gasteiger partial charge in [0.1, 0.15) is 5.73 Å². The maximum atomic E-state index is 15.0. The standard InChI is InChI=1S/C19H28BFO4/c1-8-22-15-11-10-14(12-16(15)23-9-2)13(3)17(21)20-24-18(4,5)19(6,7)25-20/h10-12H,8-9H2,1-7H3. The predicted octanol–water partition coefficient (Wildman–Crippen LogP) is 4.82. The number of allylic oxidation sites excluding steroid dienone is 1. The molecular formula is C19H28BFO4. The molecule has 0 N–H and O–H groups in total. The summed E-state index contributed by atoms with van der Waals surface area (Å²) >= 11 is 0. The van der Waals surface area contributed by atoms with Crippen molar-refractivity contribution < 1.29 is 23.2 Å². The van der Waals surface area contributed by atoms with Gasteiger partial charge in [0.25, 0.3) is 0 Å². The Morgan fingerprint density at radius 3 is 2.04 bits per heavy atom. The smallest absolute Gasteiger partial charge is 0.490 e. The van der Waals surface area contributed by atoms with E-state index >= 15 is 0 Å². The van der Waals surface area contributed by atoms with Gasteiger partial charge in [0.05, 0.1) is 24.4 Å². The molecule has 138 valence electrons. The van der Waals surface area contributed by atoms with Crippen LogP contribution in [0.25, 0.3) is 5.57 Å². The van der Waals surface area contributed by atoms with E-state index in [4.69, 9.17) is 18.8 Å². The van der Waals surface area contributed by atoms with Crippen molar-refractivity contribution in [2.24, 2.45) is 0 Å². The van der Waals surface area contributed by atoms with E-state index in [1.54, 1.807) is 19.1 Å². The van der Waals surface area contributed by atoms with Crippen molar-refractivity contribution in [2.45, 2.75) is 59.7 Å². The van der Waals surface area contributed by atoms with Crippen LogP contribution < -0.4 is 9.47 Å². The predicted molar refractivity (Wildman–Crippen MR) is 98.6 cm³/mol. The van der Waals surface area contributed by atoms with Crippen LogP contribution in [0.4, 0.5) is 4.39 Å². The molecular weight excluding hydrogens is 322 g/mol. The van der Waals surface area contributed by atoms with Crippen LogP contribution in [0.5, 0.6) is 11.5 Å². The molecule has 0 spiro atoms. The zero-order valence-electron chi connectivity index (χ0n) is 16.2. The Hall–Kier alpha value is -1.53. The molecule has 1 aliphatic heterocycles. The minimum absolute atomic E-state index is 0.426. The van der Waals surface area contributed by atoms with Crippen LogP contribution in [-0.4, -0.2) is 31.5 Å². The van der Waals surface area contributed by atoms with Gasteiger partial charge in [-0.25, -0.2) is 4.39 Å². The van der Waals surface area contributed by atoms with Gasteiger partial charge in [-0.2, -0.15) is 0 Å². The summed E-state index contributed by atoms with van der Waals surface area (Å²) in [7, 11) is -1.01. The first-order valence-corrected chi connectivity index (χ1v) is 8.75. The van der Waals surface area contributed by atoms with Crippen molar-refractivity contribution in [3.8, 4) is 11.5 Å². The monoisotopic (exact) mass is 350 g/mol. The Labute approximate surface area is 150 Å². The van der Waals surface area contributed by atoms with E-state index in [1.165, 1.54) is 0 Å². The highest BCUT2D eigenvalue weighted by molar-refractivity contribution is 6.55. The van der Waals surface area contributed by atoms with Crippen LogP contribution in [0.1, 0.15) is 54.0 Å². The molecule has 1 aliphatic rings. The second kappa shape index (κ2) is 7.38. The van der Waals surface area contributed by atoms with E-state index < -0.39 is 24.0 Å². The highest BCUT2D eigenvalue weighted by Gasteiger charge is 2.53. The van der Waals surface area contributed by atoms with E-state index in [9.17, 15) is 4.39 Å². The number of hydrogen-bond acceptors (Lipinski definition) is 4. The second-order valence-corrected chi connectivity index (χ2v) is 7.09. The lowest BCUT2D eigenvalue weighted by atomic mass is 9.83. The van der Waals surface area contributed by atoms with Gasteiger partial charge in [-0.05, 0) is 71.7 Å². The summed E-state index contributed by atoms with van der Waals surface area (Å²) < 4.78 is 37.8. The lowest BCUT2D eigenvalue weighted by Crippen LogP contribution is -2.41. The Balaban J connectivity index is 2.34. The maximum Gasteiger partial charge on any atom is 0.525 e. The first kappa shape index (κ1) is 19.8. The molecule has 0 bridgehead atoms. The quantitative estimate of drug-likeness (QED) is 0.690. The van der Waals surface area contributed by atoms with Crippen LogP contribution in [-0.2, 0) is 9.31 Å². The third kappa shape index (κ3) is 4.01. The molecule has 6 heteroatoms. The molecule has 0 aliphatic carbocycles. The number of benzene rings is 1. The largest absolute Gasteiger partial charge is 0.525 e. The van der Waals surface area contributed by atoms with Crippen LogP contribution in [0.3, 0.4) is 0 Å². The van der Waals surface area contributed by atoms with Gasteiger partial charge < -0.3 is 18.8 Å². The molecule has 0 unspecified atom stereocenters. The SMILES string of the molecule is CCOc1ccc(C(C)=C(F)B2OC(C)(C)C(C)(C)O2)cc1OCC. The Bertz CT molecular complexity index is 639. The van der Waals surface area contributed by atoms with Crippen LogP contribution in [0.15, 0.2) is 23.9 Å². The van der Waals surface area contributed by atoms with Crippen molar-refractivity contribution in [1.82, 2.24) is 0 Å². The third-order valence-corrected chi connectivity index (χ3v) is 4.79. The van der Waals surface area contributed by atoms with Crippen molar-refractivity contribution in [3.05, 3.63) is 29.5 Å². The summed E-state index contributed by atoms with van der Waals surface area (Å²) in [5.41, 5.74) is -0.415. The molecule has 25 heavy (non-hydrogen) atoms. The zero-order valence-corrected chi connectivity index (χ0v) is 16.2. The Morgan fingerprint density at radius 1 is 1.00 bits per heavy atom. The summed E-state index contributed by atoms with van der Waals surface area (Å²) in [5.74, 6) is 1.25. The molecule has 0 atom stereocenters. The van der Waals surface area contributed by atoms with Gasteiger partial charge in [0.2, 0.25) is 0 Å². The fourth-order valence-corrected chi connectivity index (χ4v) is 2.55. The highest BCUT2D eigenvalue weighted by atomic mass is 19.1. The van der Waals surface area contributed by atoms with Gasteiger partial charge in [-0.15, -0.1) is 0 Å². The minimum Gasteiger partial charge on any atom is -0.490 e. The number of rotatable bonds is 6. The lowest BCUT2D eigenvalue weighted by molar-refractivity contribution is 0.00578. The molecule has 0 aromatic heterocycles. The van der Waals surface area contributed by atoms with Crippen molar-refractivity contribution in [3.63, 3.8) is 0 Å². The molecule has 1 aromatic rings. The van der Waals surface area contributed by atoms with Gasteiger partial charge >= 0.3 is 7.12 Å². The molecule has 1 heterocycles. The van der Waals surface area contributed by atoms with Gasteiger partial charge in [-0.1, -0.05) is 6.07 Å². The minimum atomic E-state index is -1.01. The topological polar surface area (TPSA) is 36.9 Å². The van der Waals surface area contributed by atoms with Crippen molar-refractivity contribution >= 4 is 12.7 Å². The first-order chi connectivity index (χ1) is 11.6. The average Bonchev–Trinajstić information content (AvgIpc) is 2.76. The molecule has 4 nitrogen and oxygen atoms in total. The summed E-state index contributed by atoms with van der Waals surface area (Å²) in [6, 6.07) is 5.40. The van der Waals surface area contributed by atoms with Crippen molar-refractivity contribution in [1.29, 1.82) is 0 Å². The molecule has 1 aromatic carbocycles. The third-order valence-electron chi connectivity index (χ3n) is 4.79. The van der Waals surface area contributed by atoms with E-state index in [2.05, 4.69) is 0 Å². The normalized spacial score (nSPS) is 19.6. The fraction of sp³-hybridized carbons (Fsp3) is 0.579. The molecule has 1 saturated heterocycles. The Morgan fingerprint density at radius 2 is 1.52 bits per heavy atom. The van der Waals surface area contributed by atoms with Crippen LogP contribution in [0, 0.1) is 0 Å². The maximum absolute atomic E-state index is 15.0. The van der Waals surface area contributed by atoms with Gasteiger partial charge in [0, 0.05) is 0 Å². The fourth-order valence-electron chi connectivity index (χ4n) is 2.55. The van der Waals surface area contributed by atoms with Crippen molar-refractivity contribution in [2.75, 3.05) is 13.2 Å². The highest BCUT2D eigenvalue weighted by Crippen LogP contribution is 2.40. The second-order valence-electron chi connectivity index (χ2n) is 7.09. The summed E-state index contributed by atoms with van der Waals surface area (Å²) in [4.78, 5) is 0. The number of ether oxygens (including phenoxy) is 2. The van der Waals surface area contributed by atoms with E-state index in [0.717, 1.165) is 0 Å². The molecule has 1 fully saturated rings. The lowest BCUT2D eigenvalue weighted by Gasteiger charge is -2.32. The number of halogens is 1. The van der Waals surface area contributed by atoms with Crippen LogP contribution in [0.2, 0.25) is 0 Å². The summed E-state index contributed by atoms with van der Waals surface area (Å²) in [6.07, 6.45) is 0. The Kier molecular flexibility index (Phi) is 5.84. The first-order valence-electron chi connectivity index (χ1n) is 8.75. The van der Waals surface area contributed by atoms with Crippen LogP contribution >= 0.6 is 0 Å². The van der Waals surface area contributed by atoms with E-state index in [0.29, 0.717) is 35.8 Å². The van der Waals surface area contributed by atoms with E-state index in [1.807, 2.05) is 47.6 Å². The number of hydrogen-bond donors (Lipinski definition) is 0. The zero-order chi connectivity index (χ0) is 18.8. The van der Waals surface area contributed by atoms with Gasteiger partial charge in [-0.3, -0.25) is 0 Å². The molecule has 0 saturated carbocycles. The van der Waals surface area contributed by atoms with Gasteiger partial charge in [0.15, 0.2) is 11.5 Å². The molecule has 0 radical (unpaired) electrons. The van der Waals surface area contributed by atoms with E-state index in [-0.39, 0.29) is 0 Å². The summed E-state index contributed by atoms with van der Waals surface area (Å²) in [6.45, 7) is 14.2. The average molecular weight is 350 g/mol. The molecule has 0 amide bonds. The summed E-state index contributed by atoms with van der Waals surface area (Å²) in [5, 5.41) is 0. The molecule has 2 rings (SSSR count).